The van der Waals surface area contributed by atoms with E-state index in [1.165, 1.54) is 22.5 Å². The summed E-state index contributed by atoms with van der Waals surface area (Å²) in [5.41, 5.74) is 0.982. The van der Waals surface area contributed by atoms with Gasteiger partial charge in [-0.2, -0.15) is 0 Å². The number of nitrogens with one attached hydrogen (secondary N) is 1. The number of fused-ring (bicyclic) bond motifs is 1. The number of benzene rings is 2. The van der Waals surface area contributed by atoms with Crippen molar-refractivity contribution in [1.29, 1.82) is 0 Å². The molecule has 4 rings (SSSR count). The fourth-order valence-corrected chi connectivity index (χ4v) is 4.08. The maximum atomic E-state index is 13.3. The molecule has 1 N–H and O–H groups in total. The number of pyridine rings is 1. The minimum absolute atomic E-state index is 0.213. The van der Waals surface area contributed by atoms with Crippen LogP contribution < -0.4 is 15.6 Å². The molecule has 32 heavy (non-hydrogen) atoms. The van der Waals surface area contributed by atoms with E-state index in [0.717, 1.165) is 0 Å². The molecule has 2 aromatic carbocycles. The Morgan fingerprint density at radius 1 is 1.12 bits per heavy atom. The molecule has 162 valence electrons. The summed E-state index contributed by atoms with van der Waals surface area (Å²) in [7, 11) is 1.58. The van der Waals surface area contributed by atoms with E-state index < -0.39 is 5.25 Å². The number of ether oxygens (including phenoxy) is 1. The van der Waals surface area contributed by atoms with Crippen LogP contribution in [0.3, 0.4) is 0 Å². The van der Waals surface area contributed by atoms with Crippen LogP contribution in [0.2, 0.25) is 5.02 Å². The monoisotopic (exact) mass is 466 g/mol. The van der Waals surface area contributed by atoms with Gasteiger partial charge in [0, 0.05) is 6.20 Å². The van der Waals surface area contributed by atoms with E-state index >= 15 is 0 Å². The molecule has 0 aliphatic heterocycles. The Bertz CT molecular complexity index is 1320. The van der Waals surface area contributed by atoms with Gasteiger partial charge < -0.3 is 10.1 Å². The first-order valence-electron chi connectivity index (χ1n) is 9.71. The normalized spacial score (nSPS) is 11.8. The fraction of sp³-hybridized carbons (Fsp3) is 0.130. The Hall–Kier alpha value is -3.36. The summed E-state index contributed by atoms with van der Waals surface area (Å²) in [4.78, 5) is 34.8. The van der Waals surface area contributed by atoms with Gasteiger partial charge in [-0.25, -0.2) is 9.97 Å². The number of hydrogen-bond donors (Lipinski definition) is 1. The molecule has 0 aliphatic rings. The first-order valence-corrected chi connectivity index (χ1v) is 11.0. The highest BCUT2D eigenvalue weighted by Crippen LogP contribution is 2.26. The van der Waals surface area contributed by atoms with E-state index in [1.807, 2.05) is 6.07 Å². The number of carbonyl (C=O) groups excluding carboxylic acids is 1. The van der Waals surface area contributed by atoms with Crippen molar-refractivity contribution in [2.24, 2.45) is 0 Å². The van der Waals surface area contributed by atoms with E-state index in [0.29, 0.717) is 38.3 Å². The number of para-hydroxylation sites is 1. The molecular weight excluding hydrogens is 448 g/mol. The van der Waals surface area contributed by atoms with Crippen molar-refractivity contribution in [3.8, 4) is 11.4 Å². The van der Waals surface area contributed by atoms with Crippen LogP contribution in [0.4, 0.5) is 5.82 Å². The molecule has 1 amide bonds. The van der Waals surface area contributed by atoms with Gasteiger partial charge in [-0.15, -0.1) is 0 Å². The Balaban J connectivity index is 1.70. The van der Waals surface area contributed by atoms with E-state index in [1.54, 1.807) is 68.6 Å². The van der Waals surface area contributed by atoms with Crippen molar-refractivity contribution in [3.63, 3.8) is 0 Å². The van der Waals surface area contributed by atoms with Crippen LogP contribution in [0.15, 0.2) is 76.8 Å². The molecule has 0 radical (unpaired) electrons. The van der Waals surface area contributed by atoms with Gasteiger partial charge in [-0.3, -0.25) is 14.2 Å². The number of aromatic nitrogens is 3. The summed E-state index contributed by atoms with van der Waals surface area (Å²) in [5, 5.41) is 3.59. The van der Waals surface area contributed by atoms with Crippen LogP contribution in [0.25, 0.3) is 16.6 Å². The van der Waals surface area contributed by atoms with Crippen LogP contribution in [0.5, 0.6) is 5.75 Å². The van der Waals surface area contributed by atoms with E-state index in [9.17, 15) is 9.59 Å². The number of rotatable bonds is 6. The average Bonchev–Trinajstić information content (AvgIpc) is 2.81. The quantitative estimate of drug-likeness (QED) is 0.331. The summed E-state index contributed by atoms with van der Waals surface area (Å²) in [6.07, 6.45) is 1.46. The van der Waals surface area contributed by atoms with Gasteiger partial charge in [0.2, 0.25) is 5.91 Å². The van der Waals surface area contributed by atoms with Crippen LogP contribution in [0, 0.1) is 0 Å². The number of nitrogens with zero attached hydrogens (tertiary/aromatic N) is 3. The maximum Gasteiger partial charge on any atom is 0.266 e. The van der Waals surface area contributed by atoms with Gasteiger partial charge in [0.15, 0.2) is 5.16 Å². The third kappa shape index (κ3) is 4.61. The Morgan fingerprint density at radius 2 is 1.88 bits per heavy atom. The lowest BCUT2D eigenvalue weighted by atomic mass is 10.2. The predicted octanol–water partition coefficient (Wildman–Crippen LogP) is 4.56. The molecule has 2 aromatic heterocycles. The lowest BCUT2D eigenvalue weighted by Gasteiger charge is -2.16. The highest BCUT2D eigenvalue weighted by Gasteiger charge is 2.21. The van der Waals surface area contributed by atoms with E-state index in [4.69, 9.17) is 16.3 Å². The third-order valence-electron chi connectivity index (χ3n) is 4.71. The molecule has 0 bridgehead atoms. The highest BCUT2D eigenvalue weighted by molar-refractivity contribution is 8.00. The summed E-state index contributed by atoms with van der Waals surface area (Å²) < 4.78 is 6.73. The van der Waals surface area contributed by atoms with Crippen molar-refractivity contribution < 1.29 is 9.53 Å². The highest BCUT2D eigenvalue weighted by atomic mass is 35.5. The molecule has 2 heterocycles. The van der Waals surface area contributed by atoms with Crippen LogP contribution in [0.1, 0.15) is 6.92 Å². The van der Waals surface area contributed by atoms with Gasteiger partial charge >= 0.3 is 0 Å². The van der Waals surface area contributed by atoms with Gasteiger partial charge in [-0.1, -0.05) is 35.5 Å². The first-order chi connectivity index (χ1) is 15.5. The Kier molecular flexibility index (Phi) is 6.43. The van der Waals surface area contributed by atoms with Crippen molar-refractivity contribution >= 4 is 46.0 Å². The largest absolute Gasteiger partial charge is 0.497 e. The van der Waals surface area contributed by atoms with Gasteiger partial charge in [0.25, 0.3) is 5.56 Å². The molecule has 0 spiro atoms. The zero-order chi connectivity index (χ0) is 22.7. The second-order valence-electron chi connectivity index (χ2n) is 6.86. The zero-order valence-electron chi connectivity index (χ0n) is 17.3. The van der Waals surface area contributed by atoms with Gasteiger partial charge in [-0.05, 0) is 55.5 Å². The number of amides is 1. The van der Waals surface area contributed by atoms with E-state index in [2.05, 4.69) is 15.3 Å². The summed E-state index contributed by atoms with van der Waals surface area (Å²) >= 11 is 7.04. The zero-order valence-corrected chi connectivity index (χ0v) is 18.9. The molecule has 4 aromatic rings. The topological polar surface area (TPSA) is 86.1 Å². The molecule has 1 unspecified atom stereocenters. The van der Waals surface area contributed by atoms with Crippen molar-refractivity contribution in [2.75, 3.05) is 12.4 Å². The Morgan fingerprint density at radius 3 is 2.56 bits per heavy atom. The first kappa shape index (κ1) is 21.9. The van der Waals surface area contributed by atoms with Crippen LogP contribution in [-0.2, 0) is 4.79 Å². The maximum absolute atomic E-state index is 13.3. The molecule has 0 aliphatic carbocycles. The molecule has 0 saturated carbocycles. The second-order valence-corrected chi connectivity index (χ2v) is 8.61. The second kappa shape index (κ2) is 9.42. The summed E-state index contributed by atoms with van der Waals surface area (Å²) in [6.45, 7) is 1.75. The SMILES string of the molecule is COc1ccc(-n2c(SC(C)C(=O)Nc3ccc(Cl)cn3)nc3ccccc3c2=O)cc1. The number of carbonyl (C=O) groups is 1. The lowest BCUT2D eigenvalue weighted by molar-refractivity contribution is -0.115. The predicted molar refractivity (Wildman–Crippen MR) is 127 cm³/mol. The number of halogens is 1. The number of anilines is 1. The van der Waals surface area contributed by atoms with Crippen LogP contribution in [-0.4, -0.2) is 32.8 Å². The number of thioether (sulfide) groups is 1. The fourth-order valence-electron chi connectivity index (χ4n) is 3.04. The van der Waals surface area contributed by atoms with E-state index in [-0.39, 0.29) is 11.5 Å². The molecule has 0 fully saturated rings. The molecule has 1 atom stereocenters. The molecular formula is C23H19ClN4O3S. The van der Waals surface area contributed by atoms with Crippen LogP contribution >= 0.6 is 23.4 Å². The Labute approximate surface area is 193 Å². The van der Waals surface area contributed by atoms with Crippen molar-refractivity contribution in [1.82, 2.24) is 14.5 Å². The minimum Gasteiger partial charge on any atom is -0.497 e. The minimum atomic E-state index is -0.551. The summed E-state index contributed by atoms with van der Waals surface area (Å²) in [5.74, 6) is 0.798. The van der Waals surface area contributed by atoms with Gasteiger partial charge in [0.05, 0.1) is 34.0 Å². The number of methoxy groups -OCH3 is 1. The summed E-state index contributed by atoms with van der Waals surface area (Å²) in [6, 6.07) is 17.5. The standard InChI is InChI=1S/C23H19ClN4O3S/c1-14(21(29)27-20-12-7-15(24)13-25-20)32-23-26-19-6-4-3-5-18(19)22(30)28(23)16-8-10-17(31-2)11-9-16/h3-14H,1-2H3,(H,25,27,29). The van der Waals surface area contributed by atoms with Gasteiger partial charge in [0.1, 0.15) is 11.6 Å². The van der Waals surface area contributed by atoms with Crippen molar-refractivity contribution in [2.45, 2.75) is 17.3 Å². The smallest absolute Gasteiger partial charge is 0.266 e. The number of hydrogen-bond acceptors (Lipinski definition) is 6. The lowest BCUT2D eigenvalue weighted by Crippen LogP contribution is -2.26. The van der Waals surface area contributed by atoms with Crippen molar-refractivity contribution in [3.05, 3.63) is 82.2 Å². The third-order valence-corrected chi connectivity index (χ3v) is 5.98. The molecule has 9 heteroatoms. The average molecular weight is 467 g/mol. The molecule has 7 nitrogen and oxygen atoms in total. The molecule has 0 saturated heterocycles.